The van der Waals surface area contributed by atoms with Gasteiger partial charge < -0.3 is 38.7 Å². The van der Waals surface area contributed by atoms with Gasteiger partial charge in [0.05, 0.1) is 12.5 Å². The second kappa shape index (κ2) is 11.9. The van der Waals surface area contributed by atoms with Gasteiger partial charge in [-0.25, -0.2) is 0 Å². The molecule has 0 saturated heterocycles. The van der Waals surface area contributed by atoms with E-state index in [1.165, 1.54) is 0 Å². The van der Waals surface area contributed by atoms with Crippen LogP contribution >= 0.6 is 12.6 Å². The van der Waals surface area contributed by atoms with Crippen molar-refractivity contribution in [3.63, 3.8) is 0 Å². The van der Waals surface area contributed by atoms with Gasteiger partial charge in [0.25, 0.3) is 0 Å². The zero-order chi connectivity index (χ0) is 20.3. The number of carboxylic acid groups (broad SMARTS) is 1. The summed E-state index contributed by atoms with van der Waals surface area (Å²) in [6, 6.07) is -3.44. The lowest BCUT2D eigenvalue weighted by molar-refractivity contribution is -0.139. The number of primary amides is 1. The molecular formula is C13H25N7O5S. The third-order valence-electron chi connectivity index (χ3n) is 3.15. The maximum Gasteiger partial charge on any atom is 0.305 e. The SMILES string of the molecule is NC(=O)[C@H](CCCN=C(N)N)NC(=O)[C@H](CS)NC(=O)[C@@H](N)CC(=O)O. The van der Waals surface area contributed by atoms with E-state index >= 15 is 0 Å². The van der Waals surface area contributed by atoms with Crippen molar-refractivity contribution in [3.05, 3.63) is 0 Å². The van der Waals surface area contributed by atoms with E-state index in [1.54, 1.807) is 0 Å². The van der Waals surface area contributed by atoms with Crippen molar-refractivity contribution in [3.8, 4) is 0 Å². The summed E-state index contributed by atoms with van der Waals surface area (Å²) in [6.07, 6.45) is -0.0295. The monoisotopic (exact) mass is 391 g/mol. The topological polar surface area (TPSA) is 229 Å². The maximum atomic E-state index is 12.2. The van der Waals surface area contributed by atoms with Crippen LogP contribution in [0.5, 0.6) is 0 Å². The van der Waals surface area contributed by atoms with Crippen LogP contribution in [0.15, 0.2) is 4.99 Å². The summed E-state index contributed by atoms with van der Waals surface area (Å²) < 4.78 is 0. The molecule has 0 saturated carbocycles. The standard InChI is InChI=1S/C13H25N7O5S/c14-6(4-9(21)22)11(24)20-8(5-26)12(25)19-7(10(15)23)2-1-3-18-13(16)17/h6-8,26H,1-5,14H2,(H2,15,23)(H,19,25)(H,20,24)(H,21,22)(H4,16,17,18)/t6-,7-,8-/m0/s1. The highest BCUT2D eigenvalue weighted by atomic mass is 32.1. The molecule has 12 nitrogen and oxygen atoms in total. The Kier molecular flexibility index (Phi) is 10.8. The molecule has 0 aromatic rings. The van der Waals surface area contributed by atoms with Gasteiger partial charge in [-0.2, -0.15) is 12.6 Å². The Bertz CT molecular complexity index is 553. The van der Waals surface area contributed by atoms with E-state index in [0.717, 1.165) is 0 Å². The van der Waals surface area contributed by atoms with Crippen molar-refractivity contribution in [2.24, 2.45) is 27.9 Å². The van der Waals surface area contributed by atoms with Gasteiger partial charge >= 0.3 is 5.97 Å². The smallest absolute Gasteiger partial charge is 0.305 e. The van der Waals surface area contributed by atoms with Crippen molar-refractivity contribution in [2.45, 2.75) is 37.4 Å². The van der Waals surface area contributed by atoms with Gasteiger partial charge in [-0.05, 0) is 12.8 Å². The van der Waals surface area contributed by atoms with Crippen LogP contribution in [-0.2, 0) is 19.2 Å². The lowest BCUT2D eigenvalue weighted by Crippen LogP contribution is -2.56. The van der Waals surface area contributed by atoms with Crippen molar-refractivity contribution >= 4 is 42.3 Å². The fourth-order valence-electron chi connectivity index (χ4n) is 1.82. The first kappa shape index (κ1) is 23.5. The Morgan fingerprint density at radius 2 is 1.62 bits per heavy atom. The van der Waals surface area contributed by atoms with Crippen molar-refractivity contribution in [2.75, 3.05) is 12.3 Å². The second-order valence-electron chi connectivity index (χ2n) is 5.36. The van der Waals surface area contributed by atoms with Crippen LogP contribution in [0.4, 0.5) is 0 Å². The largest absolute Gasteiger partial charge is 0.481 e. The number of rotatable bonds is 12. The number of nitrogens with one attached hydrogen (secondary N) is 2. The van der Waals surface area contributed by atoms with E-state index in [0.29, 0.717) is 6.42 Å². The Morgan fingerprint density at radius 1 is 1.04 bits per heavy atom. The van der Waals surface area contributed by atoms with Crippen LogP contribution in [-0.4, -0.2) is 65.2 Å². The van der Waals surface area contributed by atoms with Crippen molar-refractivity contribution in [1.82, 2.24) is 10.6 Å². The third-order valence-corrected chi connectivity index (χ3v) is 3.52. The highest BCUT2D eigenvalue weighted by Gasteiger charge is 2.26. The maximum absolute atomic E-state index is 12.2. The molecule has 11 N–H and O–H groups in total. The molecule has 26 heavy (non-hydrogen) atoms. The second-order valence-corrected chi connectivity index (χ2v) is 5.73. The van der Waals surface area contributed by atoms with Crippen molar-refractivity contribution < 1.29 is 24.3 Å². The first-order valence-electron chi connectivity index (χ1n) is 7.62. The van der Waals surface area contributed by atoms with E-state index in [4.69, 9.17) is 28.0 Å². The Balaban J connectivity index is 4.71. The molecule has 3 amide bonds. The van der Waals surface area contributed by atoms with E-state index in [1.807, 2.05) is 0 Å². The molecule has 148 valence electrons. The molecule has 0 bridgehead atoms. The summed E-state index contributed by atoms with van der Waals surface area (Å²) in [5.41, 5.74) is 21.0. The summed E-state index contributed by atoms with van der Waals surface area (Å²) in [5, 5.41) is 13.3. The number of aliphatic carboxylic acids is 1. The van der Waals surface area contributed by atoms with Crippen LogP contribution in [0, 0.1) is 0 Å². The Morgan fingerprint density at radius 3 is 2.08 bits per heavy atom. The summed E-state index contributed by atoms with van der Waals surface area (Å²) in [7, 11) is 0. The van der Waals surface area contributed by atoms with Crippen LogP contribution < -0.4 is 33.6 Å². The molecule has 0 aliphatic heterocycles. The zero-order valence-electron chi connectivity index (χ0n) is 14.1. The van der Waals surface area contributed by atoms with Gasteiger partial charge in [0.1, 0.15) is 12.1 Å². The predicted octanol–water partition coefficient (Wildman–Crippen LogP) is -3.77. The summed E-state index contributed by atoms with van der Waals surface area (Å²) in [6.45, 7) is 0.249. The number of hydrogen-bond donors (Lipinski definition) is 8. The quantitative estimate of drug-likeness (QED) is 0.0710. The average Bonchev–Trinajstić information content (AvgIpc) is 2.53. The number of hydrogen-bond acceptors (Lipinski definition) is 7. The molecule has 0 aliphatic carbocycles. The fourth-order valence-corrected chi connectivity index (χ4v) is 2.07. The summed E-state index contributed by atoms with van der Waals surface area (Å²) in [5.74, 6) is -3.76. The molecule has 0 rings (SSSR count). The number of carboxylic acids is 1. The minimum Gasteiger partial charge on any atom is -0.481 e. The lowest BCUT2D eigenvalue weighted by atomic mass is 10.1. The number of carbonyl (C=O) groups excluding carboxylic acids is 3. The predicted molar refractivity (Wildman–Crippen MR) is 97.0 cm³/mol. The first-order valence-corrected chi connectivity index (χ1v) is 8.25. The van der Waals surface area contributed by atoms with E-state index < -0.39 is 48.2 Å². The fraction of sp³-hybridized carbons (Fsp3) is 0.615. The Hall–Kier alpha value is -2.54. The molecule has 3 atom stereocenters. The number of guanidine groups is 1. The number of aliphatic imine (C=N–C) groups is 1. The number of carbonyl (C=O) groups is 4. The van der Waals surface area contributed by atoms with Gasteiger partial charge in [0.15, 0.2) is 5.96 Å². The van der Waals surface area contributed by atoms with E-state index in [9.17, 15) is 19.2 Å². The summed E-state index contributed by atoms with van der Waals surface area (Å²) >= 11 is 3.96. The van der Waals surface area contributed by atoms with Crippen LogP contribution in [0.3, 0.4) is 0 Å². The van der Waals surface area contributed by atoms with Gasteiger partial charge in [-0.15, -0.1) is 0 Å². The summed E-state index contributed by atoms with van der Waals surface area (Å²) in [4.78, 5) is 49.8. The highest BCUT2D eigenvalue weighted by molar-refractivity contribution is 7.80. The molecule has 0 aliphatic rings. The molecule has 0 aromatic carbocycles. The normalized spacial score (nSPS) is 13.8. The van der Waals surface area contributed by atoms with Gasteiger partial charge in [0, 0.05) is 12.3 Å². The van der Waals surface area contributed by atoms with Crippen LogP contribution in [0.25, 0.3) is 0 Å². The number of nitrogens with zero attached hydrogens (tertiary/aromatic N) is 1. The zero-order valence-corrected chi connectivity index (χ0v) is 14.9. The van der Waals surface area contributed by atoms with Gasteiger partial charge in [0.2, 0.25) is 17.7 Å². The van der Waals surface area contributed by atoms with E-state index in [-0.39, 0.29) is 24.7 Å². The Labute approximate surface area is 155 Å². The third kappa shape index (κ3) is 9.68. The molecule has 0 radical (unpaired) electrons. The lowest BCUT2D eigenvalue weighted by Gasteiger charge is -2.21. The minimum atomic E-state index is -1.32. The molecule has 0 fully saturated rings. The van der Waals surface area contributed by atoms with E-state index in [2.05, 4.69) is 28.3 Å². The highest BCUT2D eigenvalue weighted by Crippen LogP contribution is 2.00. The molecule has 0 aromatic heterocycles. The minimum absolute atomic E-state index is 0.0970. The molecule has 0 spiro atoms. The molecule has 13 heteroatoms. The number of amides is 3. The van der Waals surface area contributed by atoms with Crippen molar-refractivity contribution in [1.29, 1.82) is 0 Å². The van der Waals surface area contributed by atoms with Gasteiger partial charge in [-0.1, -0.05) is 0 Å². The average molecular weight is 391 g/mol. The van der Waals surface area contributed by atoms with Gasteiger partial charge in [-0.3, -0.25) is 24.2 Å². The van der Waals surface area contributed by atoms with Crippen LogP contribution in [0.1, 0.15) is 19.3 Å². The molecule has 0 unspecified atom stereocenters. The molecular weight excluding hydrogens is 366 g/mol. The van der Waals surface area contributed by atoms with Crippen LogP contribution in [0.2, 0.25) is 0 Å². The number of nitrogens with two attached hydrogens (primary N) is 4. The number of thiol groups is 1. The molecule has 0 heterocycles. The first-order chi connectivity index (χ1) is 12.1.